The molecule has 1 saturated heterocycles. The number of amides is 1. The molecule has 4 rings (SSSR count). The van der Waals surface area contributed by atoms with Crippen molar-refractivity contribution >= 4 is 28.9 Å². The van der Waals surface area contributed by atoms with E-state index in [2.05, 4.69) is 41.1 Å². The van der Waals surface area contributed by atoms with Crippen molar-refractivity contribution in [2.45, 2.75) is 44.9 Å². The fourth-order valence-corrected chi connectivity index (χ4v) is 4.64. The number of hydrogen-bond acceptors (Lipinski definition) is 5. The molecule has 0 radical (unpaired) electrons. The minimum Gasteiger partial charge on any atom is -0.491 e. The standard InChI is InChI=1S/C24H30ClN3O3/c1-16-12-27(20-6-4-19(25)5-7-20)13-17(2)28(16)14-21(29)15-31-22-8-9-23-18(11-22)3-10-24(30)26-23/h4-9,11,16-17,21,29H,3,10,12-15H2,1-2H3,(H,26,30)/t16?,17?,21-/m0/s1. The number of β-amino-alcohol motifs (C(OH)–C–C–N with tert-alkyl or cyclic N) is 1. The molecule has 2 heterocycles. The summed E-state index contributed by atoms with van der Waals surface area (Å²) >= 11 is 6.02. The maximum absolute atomic E-state index is 11.5. The average molecular weight is 444 g/mol. The first kappa shape index (κ1) is 21.9. The van der Waals surface area contributed by atoms with Crippen LogP contribution in [0.25, 0.3) is 0 Å². The Balaban J connectivity index is 1.30. The molecule has 0 bridgehead atoms. The van der Waals surface area contributed by atoms with Gasteiger partial charge in [-0.25, -0.2) is 0 Å². The molecule has 7 heteroatoms. The first-order chi connectivity index (χ1) is 14.9. The van der Waals surface area contributed by atoms with Crippen molar-refractivity contribution in [3.05, 3.63) is 53.1 Å². The number of halogens is 1. The zero-order chi connectivity index (χ0) is 22.0. The summed E-state index contributed by atoms with van der Waals surface area (Å²) in [6, 6.07) is 14.2. The van der Waals surface area contributed by atoms with Crippen molar-refractivity contribution < 1.29 is 14.6 Å². The highest BCUT2D eigenvalue weighted by molar-refractivity contribution is 6.30. The number of aliphatic hydroxyl groups is 1. The summed E-state index contributed by atoms with van der Waals surface area (Å²) in [5.74, 6) is 0.776. The third-order valence-electron chi connectivity index (χ3n) is 6.13. The van der Waals surface area contributed by atoms with Crippen molar-refractivity contribution in [3.63, 3.8) is 0 Å². The van der Waals surface area contributed by atoms with E-state index in [1.54, 1.807) is 0 Å². The number of anilines is 2. The molecule has 2 aromatic rings. The van der Waals surface area contributed by atoms with Crippen LogP contribution in [0.2, 0.25) is 5.02 Å². The summed E-state index contributed by atoms with van der Waals surface area (Å²) in [6.07, 6.45) is 0.632. The van der Waals surface area contributed by atoms with Crippen LogP contribution >= 0.6 is 11.6 Å². The van der Waals surface area contributed by atoms with Gasteiger partial charge in [-0.15, -0.1) is 0 Å². The van der Waals surface area contributed by atoms with E-state index >= 15 is 0 Å². The summed E-state index contributed by atoms with van der Waals surface area (Å²) in [6.45, 7) is 7.00. The van der Waals surface area contributed by atoms with E-state index in [0.717, 1.165) is 35.1 Å². The van der Waals surface area contributed by atoms with Gasteiger partial charge >= 0.3 is 0 Å². The molecule has 0 saturated carbocycles. The van der Waals surface area contributed by atoms with Crippen molar-refractivity contribution in [2.75, 3.05) is 36.5 Å². The van der Waals surface area contributed by atoms with Crippen LogP contribution in [0.4, 0.5) is 11.4 Å². The van der Waals surface area contributed by atoms with Crippen LogP contribution < -0.4 is 15.0 Å². The highest BCUT2D eigenvalue weighted by atomic mass is 35.5. The molecule has 2 N–H and O–H groups in total. The number of rotatable bonds is 6. The van der Waals surface area contributed by atoms with Gasteiger partial charge in [0.1, 0.15) is 18.5 Å². The quantitative estimate of drug-likeness (QED) is 0.714. The van der Waals surface area contributed by atoms with Gasteiger partial charge in [0.05, 0.1) is 0 Å². The Bertz CT molecular complexity index is 909. The summed E-state index contributed by atoms with van der Waals surface area (Å²) < 4.78 is 5.86. The molecular weight excluding hydrogens is 414 g/mol. The number of aliphatic hydroxyl groups excluding tert-OH is 1. The fraction of sp³-hybridized carbons (Fsp3) is 0.458. The maximum atomic E-state index is 11.5. The minimum atomic E-state index is -0.581. The maximum Gasteiger partial charge on any atom is 0.224 e. The number of nitrogens with one attached hydrogen (secondary N) is 1. The summed E-state index contributed by atoms with van der Waals surface area (Å²) in [4.78, 5) is 16.2. The molecule has 6 nitrogen and oxygen atoms in total. The topological polar surface area (TPSA) is 65.0 Å². The smallest absolute Gasteiger partial charge is 0.224 e. The predicted molar refractivity (Wildman–Crippen MR) is 124 cm³/mol. The van der Waals surface area contributed by atoms with E-state index < -0.39 is 6.10 Å². The third-order valence-corrected chi connectivity index (χ3v) is 6.38. The Morgan fingerprint density at radius 1 is 1.13 bits per heavy atom. The first-order valence-corrected chi connectivity index (χ1v) is 11.3. The lowest BCUT2D eigenvalue weighted by atomic mass is 10.0. The average Bonchev–Trinajstić information content (AvgIpc) is 2.75. The Morgan fingerprint density at radius 3 is 2.55 bits per heavy atom. The molecule has 0 aromatic heterocycles. The van der Waals surface area contributed by atoms with Crippen molar-refractivity contribution in [1.82, 2.24) is 4.90 Å². The Morgan fingerprint density at radius 2 is 1.84 bits per heavy atom. The van der Waals surface area contributed by atoms with Gasteiger partial charge < -0.3 is 20.1 Å². The number of aryl methyl sites for hydroxylation is 1. The molecule has 0 spiro atoms. The largest absolute Gasteiger partial charge is 0.491 e. The monoisotopic (exact) mass is 443 g/mol. The molecule has 2 aromatic carbocycles. The van der Waals surface area contributed by atoms with Crippen LogP contribution in [0, 0.1) is 0 Å². The number of ether oxygens (including phenoxy) is 1. The lowest BCUT2D eigenvalue weighted by molar-refractivity contribution is -0.116. The number of benzene rings is 2. The molecule has 166 valence electrons. The lowest BCUT2D eigenvalue weighted by Crippen LogP contribution is -2.58. The van der Waals surface area contributed by atoms with E-state index in [-0.39, 0.29) is 12.5 Å². The van der Waals surface area contributed by atoms with Gasteiger partial charge in [0.25, 0.3) is 0 Å². The number of nitrogens with zero attached hydrogens (tertiary/aromatic N) is 2. The van der Waals surface area contributed by atoms with Gasteiger partial charge in [-0.1, -0.05) is 11.6 Å². The van der Waals surface area contributed by atoms with E-state index in [9.17, 15) is 9.90 Å². The van der Waals surface area contributed by atoms with Crippen molar-refractivity contribution in [3.8, 4) is 5.75 Å². The Kier molecular flexibility index (Phi) is 6.70. The third kappa shape index (κ3) is 5.32. The van der Waals surface area contributed by atoms with Gasteiger partial charge in [-0.05, 0) is 68.3 Å². The van der Waals surface area contributed by atoms with E-state index in [1.807, 2.05) is 30.3 Å². The SMILES string of the molecule is CC1CN(c2ccc(Cl)cc2)CC(C)N1C[C@H](O)COc1ccc2c(c1)CCC(=O)N2. The second kappa shape index (κ2) is 9.47. The molecule has 2 aliphatic rings. The highest BCUT2D eigenvalue weighted by Gasteiger charge is 2.31. The van der Waals surface area contributed by atoms with Crippen LogP contribution in [0.3, 0.4) is 0 Å². The molecule has 1 amide bonds. The molecular formula is C24H30ClN3O3. The Labute approximate surface area is 188 Å². The fourth-order valence-electron chi connectivity index (χ4n) is 4.52. The van der Waals surface area contributed by atoms with Crippen LogP contribution in [0.15, 0.2) is 42.5 Å². The van der Waals surface area contributed by atoms with Crippen LogP contribution in [-0.4, -0.2) is 60.3 Å². The van der Waals surface area contributed by atoms with Gasteiger partial charge in [0.15, 0.2) is 0 Å². The van der Waals surface area contributed by atoms with Crippen molar-refractivity contribution in [1.29, 1.82) is 0 Å². The molecule has 2 aliphatic heterocycles. The second-order valence-electron chi connectivity index (χ2n) is 8.61. The second-order valence-corrected chi connectivity index (χ2v) is 9.04. The van der Waals surface area contributed by atoms with E-state index in [0.29, 0.717) is 31.5 Å². The van der Waals surface area contributed by atoms with Gasteiger partial charge in [0.2, 0.25) is 5.91 Å². The van der Waals surface area contributed by atoms with E-state index in [4.69, 9.17) is 16.3 Å². The number of hydrogen-bond donors (Lipinski definition) is 2. The first-order valence-electron chi connectivity index (χ1n) is 10.9. The molecule has 1 fully saturated rings. The zero-order valence-electron chi connectivity index (χ0n) is 18.1. The Hall–Kier alpha value is -2.28. The summed E-state index contributed by atoms with van der Waals surface area (Å²) in [7, 11) is 0. The van der Waals surface area contributed by atoms with Gasteiger partial charge in [-0.2, -0.15) is 0 Å². The van der Waals surface area contributed by atoms with Crippen LogP contribution in [0.1, 0.15) is 25.8 Å². The number of piperazine rings is 1. The summed E-state index contributed by atoms with van der Waals surface area (Å²) in [5.41, 5.74) is 3.10. The van der Waals surface area contributed by atoms with Crippen LogP contribution in [0.5, 0.6) is 5.75 Å². The van der Waals surface area contributed by atoms with Crippen LogP contribution in [-0.2, 0) is 11.2 Å². The zero-order valence-corrected chi connectivity index (χ0v) is 18.8. The van der Waals surface area contributed by atoms with Gasteiger partial charge in [0, 0.05) is 54.5 Å². The summed E-state index contributed by atoms with van der Waals surface area (Å²) in [5, 5.41) is 14.3. The number of carbonyl (C=O) groups is 1. The molecule has 0 aliphatic carbocycles. The number of fused-ring (bicyclic) bond motifs is 1. The normalized spacial score (nSPS) is 22.6. The number of carbonyl (C=O) groups excluding carboxylic acids is 1. The highest BCUT2D eigenvalue weighted by Crippen LogP contribution is 2.27. The predicted octanol–water partition coefficient (Wildman–Crippen LogP) is 3.56. The molecule has 3 atom stereocenters. The lowest BCUT2D eigenvalue weighted by Gasteiger charge is -2.46. The molecule has 2 unspecified atom stereocenters. The minimum absolute atomic E-state index is 0.0518. The van der Waals surface area contributed by atoms with Crippen molar-refractivity contribution in [2.24, 2.45) is 0 Å². The molecule has 31 heavy (non-hydrogen) atoms. The van der Waals surface area contributed by atoms with Gasteiger partial charge in [-0.3, -0.25) is 9.69 Å². The van der Waals surface area contributed by atoms with E-state index in [1.165, 1.54) is 5.69 Å².